The van der Waals surface area contributed by atoms with Crippen LogP contribution in [0.5, 0.6) is 5.88 Å². The molecular weight excluding hydrogens is 542 g/mol. The van der Waals surface area contributed by atoms with Crippen LogP contribution in [0.1, 0.15) is 11.1 Å². The number of furan rings is 1. The molecule has 0 amide bonds. The van der Waals surface area contributed by atoms with Crippen molar-refractivity contribution >= 4 is 16.8 Å². The average Bonchev–Trinajstić information content (AvgIpc) is 3.31. The molecule has 0 unspecified atom stereocenters. The molecule has 0 fully saturated rings. The summed E-state index contributed by atoms with van der Waals surface area (Å²) in [5.41, 5.74) is -1.87. The van der Waals surface area contributed by atoms with Crippen LogP contribution >= 0.6 is 0 Å². The molecule has 2 aromatic carbocycles. The molecule has 0 aliphatic heterocycles. The quantitative estimate of drug-likeness (QED) is 0.205. The molecule has 0 saturated carbocycles. The molecular formula is C27H22F2N6O6. The minimum Gasteiger partial charge on any atom is -0.480 e. The lowest BCUT2D eigenvalue weighted by molar-refractivity contribution is -0.384. The number of hydrogen-bond acceptors (Lipinski definition) is 9. The van der Waals surface area contributed by atoms with Crippen molar-refractivity contribution in [1.29, 1.82) is 0 Å². The number of ether oxygens (including phenoxy) is 1. The van der Waals surface area contributed by atoms with E-state index in [1.807, 2.05) is 0 Å². The van der Waals surface area contributed by atoms with Gasteiger partial charge in [-0.25, -0.2) is 18.1 Å². The Bertz CT molecular complexity index is 1880. The van der Waals surface area contributed by atoms with Crippen LogP contribution in [0.25, 0.3) is 28.2 Å². The van der Waals surface area contributed by atoms with Crippen LogP contribution in [0.15, 0.2) is 68.6 Å². The second kappa shape index (κ2) is 10.7. The van der Waals surface area contributed by atoms with Crippen LogP contribution in [0.3, 0.4) is 0 Å². The van der Waals surface area contributed by atoms with Gasteiger partial charge in [0.05, 0.1) is 18.6 Å². The minimum atomic E-state index is -0.981. The Balaban J connectivity index is 1.87. The zero-order chi connectivity index (χ0) is 29.4. The Morgan fingerprint density at radius 2 is 1.68 bits per heavy atom. The number of halogens is 2. The highest BCUT2D eigenvalue weighted by molar-refractivity contribution is 5.85. The number of nitrogens with zero attached hydrogens (tertiary/aromatic N) is 6. The van der Waals surface area contributed by atoms with Crippen LogP contribution < -0.4 is 16.0 Å². The molecule has 0 aliphatic carbocycles. The van der Waals surface area contributed by atoms with E-state index in [-0.39, 0.29) is 40.8 Å². The number of methoxy groups -OCH3 is 1. The van der Waals surface area contributed by atoms with Gasteiger partial charge < -0.3 is 14.1 Å². The zero-order valence-corrected chi connectivity index (χ0v) is 22.0. The van der Waals surface area contributed by atoms with E-state index in [1.165, 1.54) is 49.6 Å². The summed E-state index contributed by atoms with van der Waals surface area (Å²) >= 11 is 0. The lowest BCUT2D eigenvalue weighted by Crippen LogP contribution is -2.40. The van der Waals surface area contributed by atoms with E-state index in [0.29, 0.717) is 11.1 Å². The van der Waals surface area contributed by atoms with Crippen molar-refractivity contribution in [2.45, 2.75) is 13.1 Å². The molecule has 210 valence electrons. The molecule has 14 heteroatoms. The van der Waals surface area contributed by atoms with E-state index in [9.17, 15) is 28.5 Å². The fraction of sp³-hybridized carbons (Fsp3) is 0.185. The van der Waals surface area contributed by atoms with Crippen molar-refractivity contribution in [3.8, 4) is 23.0 Å². The van der Waals surface area contributed by atoms with E-state index in [2.05, 4.69) is 10.2 Å². The monoisotopic (exact) mass is 564 g/mol. The average molecular weight is 565 g/mol. The fourth-order valence-electron chi connectivity index (χ4n) is 4.43. The molecule has 0 saturated heterocycles. The number of benzene rings is 2. The number of rotatable bonds is 8. The number of nitro groups is 1. The number of hydrogen-bond donors (Lipinski definition) is 0. The zero-order valence-electron chi connectivity index (χ0n) is 22.0. The van der Waals surface area contributed by atoms with Crippen LogP contribution in [0.2, 0.25) is 0 Å². The highest BCUT2D eigenvalue weighted by Crippen LogP contribution is 2.34. The van der Waals surface area contributed by atoms with Gasteiger partial charge in [0, 0.05) is 41.4 Å². The van der Waals surface area contributed by atoms with Gasteiger partial charge in [-0.05, 0) is 44.4 Å². The third-order valence-corrected chi connectivity index (χ3v) is 6.33. The van der Waals surface area contributed by atoms with E-state index in [0.717, 1.165) is 21.3 Å². The standard InChI is InChI=1S/C27H22F2N6O6/c1-32(2)13-18-23-25(36)34(21-11-12-22(40-3)31-30-21)27(37)33(14-17-19(28)5-4-6-20(17)29)26(23)41-24(18)15-7-9-16(10-8-15)35(38)39/h4-12H,13-14H2,1-3H3. The van der Waals surface area contributed by atoms with Gasteiger partial charge in [0.25, 0.3) is 11.2 Å². The fourth-order valence-corrected chi connectivity index (χ4v) is 4.43. The molecule has 0 N–H and O–H groups in total. The predicted molar refractivity (Wildman–Crippen MR) is 143 cm³/mol. The van der Waals surface area contributed by atoms with Crippen molar-refractivity contribution in [3.05, 3.63) is 108 Å². The predicted octanol–water partition coefficient (Wildman–Crippen LogP) is 3.51. The number of fused-ring (bicyclic) bond motifs is 1. The third kappa shape index (κ3) is 4.96. The lowest BCUT2D eigenvalue weighted by atomic mass is 10.1. The van der Waals surface area contributed by atoms with Crippen LogP contribution in [-0.4, -0.2) is 50.4 Å². The summed E-state index contributed by atoms with van der Waals surface area (Å²) in [5, 5.41) is 18.9. The molecule has 0 atom stereocenters. The van der Waals surface area contributed by atoms with Crippen molar-refractivity contribution in [3.63, 3.8) is 0 Å². The molecule has 12 nitrogen and oxygen atoms in total. The minimum absolute atomic E-state index is 0.0407. The Morgan fingerprint density at radius 1 is 1.00 bits per heavy atom. The molecule has 3 heterocycles. The lowest BCUT2D eigenvalue weighted by Gasteiger charge is -2.13. The normalized spacial score (nSPS) is 11.4. The van der Waals surface area contributed by atoms with E-state index in [4.69, 9.17) is 9.15 Å². The first-order valence-electron chi connectivity index (χ1n) is 12.1. The summed E-state index contributed by atoms with van der Waals surface area (Å²) in [6.45, 7) is -0.471. The number of aromatic nitrogens is 4. The Hall–Kier alpha value is -5.24. The first kappa shape index (κ1) is 27.3. The van der Waals surface area contributed by atoms with Crippen molar-refractivity contribution in [2.24, 2.45) is 0 Å². The van der Waals surface area contributed by atoms with E-state index < -0.39 is 39.9 Å². The summed E-state index contributed by atoms with van der Waals surface area (Å²) in [7, 11) is 4.86. The topological polar surface area (TPSA) is 139 Å². The summed E-state index contributed by atoms with van der Waals surface area (Å²) in [5.74, 6) is -1.67. The van der Waals surface area contributed by atoms with Gasteiger partial charge in [-0.15, -0.1) is 10.2 Å². The smallest absolute Gasteiger partial charge is 0.340 e. The van der Waals surface area contributed by atoms with Gasteiger partial charge in [0.2, 0.25) is 11.6 Å². The largest absolute Gasteiger partial charge is 0.480 e. The van der Waals surface area contributed by atoms with Gasteiger partial charge >= 0.3 is 5.69 Å². The molecule has 0 radical (unpaired) electrons. The highest BCUT2D eigenvalue weighted by atomic mass is 19.1. The molecule has 5 aromatic rings. The second-order valence-corrected chi connectivity index (χ2v) is 9.28. The van der Waals surface area contributed by atoms with Gasteiger partial charge in [0.1, 0.15) is 22.8 Å². The molecule has 5 rings (SSSR count). The first-order chi connectivity index (χ1) is 19.6. The maximum atomic E-state index is 14.7. The summed E-state index contributed by atoms with van der Waals surface area (Å²) < 4.78 is 42.3. The van der Waals surface area contributed by atoms with Gasteiger partial charge in [-0.2, -0.15) is 0 Å². The number of non-ortho nitro benzene ring substituents is 1. The van der Waals surface area contributed by atoms with Crippen molar-refractivity contribution < 1.29 is 22.9 Å². The number of nitro benzene ring substituents is 1. The Labute approximate surface area is 229 Å². The van der Waals surface area contributed by atoms with E-state index >= 15 is 0 Å². The third-order valence-electron chi connectivity index (χ3n) is 6.33. The highest BCUT2D eigenvalue weighted by Gasteiger charge is 2.27. The van der Waals surface area contributed by atoms with Gasteiger partial charge in [-0.3, -0.25) is 19.5 Å². The van der Waals surface area contributed by atoms with Crippen molar-refractivity contribution in [1.82, 2.24) is 24.2 Å². The molecule has 0 spiro atoms. The Kier molecular flexibility index (Phi) is 7.15. The first-order valence-corrected chi connectivity index (χ1v) is 12.1. The van der Waals surface area contributed by atoms with Crippen LogP contribution in [-0.2, 0) is 13.1 Å². The molecule has 3 aromatic heterocycles. The molecule has 0 aliphatic rings. The van der Waals surface area contributed by atoms with Crippen molar-refractivity contribution in [2.75, 3.05) is 21.2 Å². The molecule has 0 bridgehead atoms. The maximum absolute atomic E-state index is 14.7. The summed E-state index contributed by atoms with van der Waals surface area (Å²) in [6.07, 6.45) is 0. The second-order valence-electron chi connectivity index (χ2n) is 9.28. The van der Waals surface area contributed by atoms with Crippen LogP contribution in [0.4, 0.5) is 14.5 Å². The SMILES string of the molecule is COc1ccc(-n2c(=O)c3c(CN(C)C)c(-c4ccc([N+](=O)[O-])cc4)oc3n(Cc3c(F)cccc3F)c2=O)nn1. The van der Waals surface area contributed by atoms with Crippen LogP contribution in [0, 0.1) is 21.7 Å². The maximum Gasteiger partial charge on any atom is 0.340 e. The summed E-state index contributed by atoms with van der Waals surface area (Å²) in [6, 6.07) is 11.5. The van der Waals surface area contributed by atoms with Gasteiger partial charge in [0.15, 0.2) is 5.82 Å². The van der Waals surface area contributed by atoms with Gasteiger partial charge in [-0.1, -0.05) is 6.07 Å². The Morgan fingerprint density at radius 3 is 2.24 bits per heavy atom. The van der Waals surface area contributed by atoms with E-state index in [1.54, 1.807) is 19.0 Å². The molecule has 41 heavy (non-hydrogen) atoms. The summed E-state index contributed by atoms with van der Waals surface area (Å²) in [4.78, 5) is 40.2.